The number of alkyl carbamates (subject to hydrolysis) is 1. The second kappa shape index (κ2) is 8.02. The van der Waals surface area contributed by atoms with Crippen molar-refractivity contribution in [1.29, 1.82) is 0 Å². The van der Waals surface area contributed by atoms with Crippen LogP contribution in [0.1, 0.15) is 38.8 Å². The van der Waals surface area contributed by atoms with Crippen molar-refractivity contribution in [3.63, 3.8) is 0 Å². The van der Waals surface area contributed by atoms with Gasteiger partial charge >= 0.3 is 12.1 Å². The quantitative estimate of drug-likeness (QED) is 0.676. The number of rotatable bonds is 6. The molecule has 28 heavy (non-hydrogen) atoms. The number of aliphatic carboxylic acids is 1. The maximum absolute atomic E-state index is 12.2. The Morgan fingerprint density at radius 1 is 1.21 bits per heavy atom. The molecular formula is C22H25NO5. The lowest BCUT2D eigenvalue weighted by atomic mass is 10.0. The van der Waals surface area contributed by atoms with Crippen molar-refractivity contribution >= 4 is 12.1 Å². The minimum Gasteiger partial charge on any atom is -0.480 e. The number of hydrogen-bond donors (Lipinski definition) is 2. The molecule has 0 unspecified atom stereocenters. The largest absolute Gasteiger partial charge is 0.480 e. The third kappa shape index (κ3) is 4.70. The predicted octanol–water partition coefficient (Wildman–Crippen LogP) is 3.75. The average molecular weight is 384 g/mol. The Morgan fingerprint density at radius 3 is 2.71 bits per heavy atom. The second-order valence-electron chi connectivity index (χ2n) is 7.46. The highest BCUT2D eigenvalue weighted by Crippen LogP contribution is 2.38. The highest BCUT2D eigenvalue weighted by molar-refractivity contribution is 5.80. The molecule has 2 aromatic rings. The van der Waals surface area contributed by atoms with Crippen LogP contribution in [-0.2, 0) is 27.3 Å². The van der Waals surface area contributed by atoms with Gasteiger partial charge in [0.05, 0.1) is 12.2 Å². The summed E-state index contributed by atoms with van der Waals surface area (Å²) < 4.78 is 18.1. The van der Waals surface area contributed by atoms with E-state index in [-0.39, 0.29) is 20.1 Å². The summed E-state index contributed by atoms with van der Waals surface area (Å²) in [5.41, 5.74) is 4.79. The number of hydrogen-bond acceptors (Lipinski definition) is 4. The van der Waals surface area contributed by atoms with Crippen LogP contribution in [-0.4, -0.2) is 35.4 Å². The van der Waals surface area contributed by atoms with Crippen LogP contribution in [0.3, 0.4) is 0 Å². The average Bonchev–Trinajstić information content (AvgIpc) is 3.08. The lowest BCUT2D eigenvalue weighted by molar-refractivity contribution is -0.142. The summed E-state index contributed by atoms with van der Waals surface area (Å²) in [7, 11) is 0. The van der Waals surface area contributed by atoms with Gasteiger partial charge in [-0.2, -0.15) is 0 Å². The molecule has 6 nitrogen and oxygen atoms in total. The Labute approximate surface area is 165 Å². The topological polar surface area (TPSA) is 84.9 Å². The monoisotopic (exact) mass is 384 g/mol. The minimum atomic E-state index is -1.25. The maximum Gasteiger partial charge on any atom is 0.408 e. The second-order valence-corrected chi connectivity index (χ2v) is 7.46. The number of ether oxygens (including phenoxy) is 2. The molecule has 0 aromatic heterocycles. The summed E-state index contributed by atoms with van der Waals surface area (Å²) in [5, 5.41) is 11.6. The molecule has 1 amide bonds. The molecule has 0 heterocycles. The van der Waals surface area contributed by atoms with Crippen molar-refractivity contribution in [3.8, 4) is 11.1 Å². The molecule has 0 saturated heterocycles. The van der Waals surface area contributed by atoms with Gasteiger partial charge in [0.25, 0.3) is 0 Å². The Kier molecular flexibility index (Phi) is 5.30. The first-order valence-electron chi connectivity index (χ1n) is 9.80. The highest BCUT2D eigenvalue weighted by atomic mass is 16.6. The molecule has 0 saturated carbocycles. The zero-order valence-corrected chi connectivity index (χ0v) is 16.0. The number of carboxylic acids is 1. The highest BCUT2D eigenvalue weighted by Gasteiger charge is 2.25. The fourth-order valence-electron chi connectivity index (χ4n) is 3.17. The molecule has 2 aromatic carbocycles. The van der Waals surface area contributed by atoms with Gasteiger partial charge in [-0.15, -0.1) is 0 Å². The Bertz CT molecular complexity index is 912. The van der Waals surface area contributed by atoms with E-state index in [0.717, 1.165) is 23.1 Å². The van der Waals surface area contributed by atoms with Crippen molar-refractivity contribution in [1.82, 2.24) is 5.32 Å². The van der Waals surface area contributed by atoms with E-state index in [2.05, 4.69) is 23.5 Å². The summed E-state index contributed by atoms with van der Waals surface area (Å²) in [6.07, 6.45) is -0.0433. The molecular weight excluding hydrogens is 358 g/mol. The van der Waals surface area contributed by atoms with Gasteiger partial charge in [0.15, 0.2) is 6.04 Å². The number of carboxylic acid groups (broad SMARTS) is 1. The molecule has 0 fully saturated rings. The van der Waals surface area contributed by atoms with Gasteiger partial charge in [0.2, 0.25) is 0 Å². The molecule has 1 aliphatic carbocycles. The van der Waals surface area contributed by atoms with E-state index in [1.807, 2.05) is 24.3 Å². The first kappa shape index (κ1) is 18.5. The van der Waals surface area contributed by atoms with Gasteiger partial charge in [-0.1, -0.05) is 42.5 Å². The van der Waals surface area contributed by atoms with E-state index in [1.165, 1.54) is 11.1 Å². The van der Waals surface area contributed by atoms with Gasteiger partial charge in [0, 0.05) is 1.37 Å². The fourth-order valence-corrected chi connectivity index (χ4v) is 3.17. The molecule has 148 valence electrons. The van der Waals surface area contributed by atoms with Crippen LogP contribution < -0.4 is 5.32 Å². The molecule has 2 N–H and O–H groups in total. The molecule has 1 atom stereocenters. The van der Waals surface area contributed by atoms with Crippen molar-refractivity contribution in [2.75, 3.05) is 6.61 Å². The Balaban J connectivity index is 1.60. The van der Waals surface area contributed by atoms with Gasteiger partial charge in [-0.05, 0) is 55.0 Å². The third-order valence-corrected chi connectivity index (χ3v) is 4.54. The zero-order valence-electron chi connectivity index (χ0n) is 17.0. The van der Waals surface area contributed by atoms with Crippen molar-refractivity contribution in [2.45, 2.75) is 45.4 Å². The van der Waals surface area contributed by atoms with Crippen molar-refractivity contribution in [2.24, 2.45) is 0 Å². The molecule has 6 heteroatoms. The van der Waals surface area contributed by atoms with Gasteiger partial charge in [0.1, 0.15) is 6.61 Å². The normalized spacial score (nSPS) is 13.9. The Morgan fingerprint density at radius 2 is 1.96 bits per heavy atom. The number of carbonyl (C=O) groups is 2. The third-order valence-electron chi connectivity index (χ3n) is 4.54. The smallest absolute Gasteiger partial charge is 0.408 e. The maximum atomic E-state index is 12.2. The van der Waals surface area contributed by atoms with Gasteiger partial charge in [-0.25, -0.2) is 9.59 Å². The summed E-state index contributed by atoms with van der Waals surface area (Å²) >= 11 is 0. The van der Waals surface area contributed by atoms with E-state index >= 15 is 0 Å². The van der Waals surface area contributed by atoms with Gasteiger partial charge < -0.3 is 19.9 Å². The van der Waals surface area contributed by atoms with E-state index in [9.17, 15) is 14.7 Å². The van der Waals surface area contributed by atoms with Crippen LogP contribution in [0.2, 0.25) is 0 Å². The number of amides is 1. The predicted molar refractivity (Wildman–Crippen MR) is 105 cm³/mol. The first-order valence-corrected chi connectivity index (χ1v) is 9.09. The van der Waals surface area contributed by atoms with E-state index < -0.39 is 23.7 Å². The van der Waals surface area contributed by atoms with Crippen molar-refractivity contribution < 1.29 is 25.5 Å². The molecule has 1 aliphatic rings. The van der Waals surface area contributed by atoms with Crippen molar-refractivity contribution in [3.05, 3.63) is 59.2 Å². The molecule has 3 rings (SSSR count). The number of carbonyl (C=O) groups excluding carboxylic acids is 1. The van der Waals surface area contributed by atoms with Gasteiger partial charge in [-0.3, -0.25) is 0 Å². The lowest BCUT2D eigenvalue weighted by Crippen LogP contribution is -2.45. The lowest BCUT2D eigenvalue weighted by Gasteiger charge is -2.23. The van der Waals surface area contributed by atoms with Crippen LogP contribution in [0.4, 0.5) is 4.79 Å². The molecule has 0 spiro atoms. The SMILES string of the molecule is [2H]CC(C)(C)OC[C@H](NC(=O)OCc1cccc2c1Cc1ccccc1-2)C(=O)O. The van der Waals surface area contributed by atoms with Crippen LogP contribution in [0.25, 0.3) is 11.1 Å². The summed E-state index contributed by atoms with van der Waals surface area (Å²) in [6.45, 7) is 3.16. The number of fused-ring (bicyclic) bond motifs is 3. The van der Waals surface area contributed by atoms with E-state index in [0.29, 0.717) is 0 Å². The van der Waals surface area contributed by atoms with Crippen LogP contribution >= 0.6 is 0 Å². The molecule has 0 radical (unpaired) electrons. The number of benzene rings is 2. The number of nitrogens with one attached hydrogen (secondary N) is 1. The van der Waals surface area contributed by atoms with Crippen LogP contribution in [0.5, 0.6) is 0 Å². The first-order chi connectivity index (χ1) is 13.8. The fraction of sp³-hybridized carbons (Fsp3) is 0.364. The summed E-state index contributed by atoms with van der Waals surface area (Å²) in [6, 6.07) is 12.8. The standard InChI is InChI=1S/C22H25NO5/c1-22(2,3)28-13-19(20(24)25)23-21(26)27-12-15-8-6-10-17-16-9-5-4-7-14(16)11-18(15)17/h4-10,19H,11-13H2,1-3H3,(H,23,26)(H,24,25)/t19-/m0/s1/i1D. The minimum absolute atomic E-state index is 0.0225. The summed E-state index contributed by atoms with van der Waals surface area (Å²) in [4.78, 5) is 23.6. The van der Waals surface area contributed by atoms with Crippen LogP contribution in [0.15, 0.2) is 42.5 Å². The van der Waals surface area contributed by atoms with E-state index in [4.69, 9.17) is 10.8 Å². The molecule has 0 aliphatic heterocycles. The van der Waals surface area contributed by atoms with Crippen LogP contribution in [0, 0.1) is 0 Å². The summed E-state index contributed by atoms with van der Waals surface area (Å²) in [5.74, 6) is -1.22. The van der Waals surface area contributed by atoms with E-state index in [1.54, 1.807) is 13.8 Å². The Hall–Kier alpha value is -2.86. The molecule has 0 bridgehead atoms. The zero-order chi connectivity index (χ0) is 21.0.